The van der Waals surface area contributed by atoms with Crippen LogP contribution >= 0.6 is 0 Å². The zero-order valence-electron chi connectivity index (χ0n) is 14.2. The van der Waals surface area contributed by atoms with Crippen LogP contribution in [0.3, 0.4) is 0 Å². The predicted molar refractivity (Wildman–Crippen MR) is 92.0 cm³/mol. The van der Waals surface area contributed by atoms with E-state index < -0.39 is 10.0 Å². The van der Waals surface area contributed by atoms with Crippen LogP contribution in [0.25, 0.3) is 0 Å². The SMILES string of the molecule is CC(C)CC(CNS(=O)(=O)c1ccc(C#N)cc1)N1CCOCC1. The number of nitrogens with zero attached hydrogens (tertiary/aromatic N) is 2. The normalized spacial score (nSPS) is 17.6. The van der Waals surface area contributed by atoms with E-state index in [4.69, 9.17) is 10.00 Å². The Balaban J connectivity index is 2.04. The number of hydrogen-bond acceptors (Lipinski definition) is 5. The Morgan fingerprint density at radius 1 is 1.25 bits per heavy atom. The summed E-state index contributed by atoms with van der Waals surface area (Å²) in [7, 11) is -3.57. The molecule has 1 fully saturated rings. The lowest BCUT2D eigenvalue weighted by atomic mass is 10.0. The van der Waals surface area contributed by atoms with Crippen molar-refractivity contribution < 1.29 is 13.2 Å². The molecule has 1 saturated heterocycles. The number of ether oxygens (including phenoxy) is 1. The number of hydrogen-bond donors (Lipinski definition) is 1. The van der Waals surface area contributed by atoms with E-state index in [1.807, 2.05) is 6.07 Å². The summed E-state index contributed by atoms with van der Waals surface area (Å²) in [6.45, 7) is 7.70. The van der Waals surface area contributed by atoms with Gasteiger partial charge in [0.2, 0.25) is 10.0 Å². The molecule has 7 heteroatoms. The maximum atomic E-state index is 12.5. The maximum absolute atomic E-state index is 12.5. The highest BCUT2D eigenvalue weighted by molar-refractivity contribution is 7.89. The molecule has 2 rings (SSSR count). The van der Waals surface area contributed by atoms with Crippen LogP contribution in [0.15, 0.2) is 29.2 Å². The van der Waals surface area contributed by atoms with Gasteiger partial charge in [0.1, 0.15) is 0 Å². The average molecular weight is 351 g/mol. The molecule has 1 atom stereocenters. The van der Waals surface area contributed by atoms with Crippen molar-refractivity contribution in [1.29, 1.82) is 5.26 Å². The van der Waals surface area contributed by atoms with E-state index in [-0.39, 0.29) is 10.9 Å². The van der Waals surface area contributed by atoms with Gasteiger partial charge in [-0.1, -0.05) is 13.8 Å². The van der Waals surface area contributed by atoms with E-state index in [1.165, 1.54) is 24.3 Å². The van der Waals surface area contributed by atoms with E-state index in [2.05, 4.69) is 23.5 Å². The van der Waals surface area contributed by atoms with Crippen molar-refractivity contribution in [2.45, 2.75) is 31.2 Å². The fraction of sp³-hybridized carbons (Fsp3) is 0.588. The highest BCUT2D eigenvalue weighted by Gasteiger charge is 2.24. The Morgan fingerprint density at radius 2 is 1.88 bits per heavy atom. The molecular weight excluding hydrogens is 326 g/mol. The van der Waals surface area contributed by atoms with Gasteiger partial charge >= 0.3 is 0 Å². The topological polar surface area (TPSA) is 82.4 Å². The van der Waals surface area contributed by atoms with Gasteiger partial charge in [-0.25, -0.2) is 13.1 Å². The van der Waals surface area contributed by atoms with Gasteiger partial charge in [0.15, 0.2) is 0 Å². The zero-order chi connectivity index (χ0) is 17.6. The van der Waals surface area contributed by atoms with Crippen LogP contribution in [-0.2, 0) is 14.8 Å². The first-order chi connectivity index (χ1) is 11.4. The molecule has 132 valence electrons. The fourth-order valence-corrected chi connectivity index (χ4v) is 3.92. The second kappa shape index (κ2) is 8.58. The molecule has 0 aliphatic carbocycles. The lowest BCUT2D eigenvalue weighted by Crippen LogP contribution is -2.49. The van der Waals surface area contributed by atoms with Gasteiger partial charge in [0.05, 0.1) is 29.7 Å². The van der Waals surface area contributed by atoms with Crippen LogP contribution in [0.1, 0.15) is 25.8 Å². The van der Waals surface area contributed by atoms with Crippen molar-refractivity contribution in [3.05, 3.63) is 29.8 Å². The Morgan fingerprint density at radius 3 is 2.42 bits per heavy atom. The molecular formula is C17H25N3O3S. The summed E-state index contributed by atoms with van der Waals surface area (Å²) in [5, 5.41) is 8.80. The molecule has 0 radical (unpaired) electrons. The molecule has 0 bridgehead atoms. The van der Waals surface area contributed by atoms with Crippen molar-refractivity contribution in [3.8, 4) is 6.07 Å². The standard InChI is InChI=1S/C17H25N3O3S/c1-14(2)11-16(20-7-9-23-10-8-20)13-19-24(21,22)17-5-3-15(12-18)4-6-17/h3-6,14,16,19H,7-11,13H2,1-2H3. The molecule has 0 spiro atoms. The van der Waals surface area contributed by atoms with E-state index in [9.17, 15) is 8.42 Å². The zero-order valence-corrected chi connectivity index (χ0v) is 15.1. The van der Waals surface area contributed by atoms with Crippen LogP contribution in [0.2, 0.25) is 0 Å². The highest BCUT2D eigenvalue weighted by Crippen LogP contribution is 2.15. The third-order valence-corrected chi connectivity index (χ3v) is 5.55. The van der Waals surface area contributed by atoms with E-state index in [0.29, 0.717) is 31.2 Å². The third-order valence-electron chi connectivity index (χ3n) is 4.11. The Bertz CT molecular complexity index is 659. The minimum atomic E-state index is -3.57. The minimum Gasteiger partial charge on any atom is -0.379 e. The van der Waals surface area contributed by atoms with Crippen molar-refractivity contribution in [1.82, 2.24) is 9.62 Å². The van der Waals surface area contributed by atoms with E-state index in [1.54, 1.807) is 0 Å². The molecule has 1 aromatic rings. The van der Waals surface area contributed by atoms with Crippen molar-refractivity contribution in [3.63, 3.8) is 0 Å². The number of rotatable bonds is 7. The van der Waals surface area contributed by atoms with E-state index >= 15 is 0 Å². The summed E-state index contributed by atoms with van der Waals surface area (Å²) in [5.41, 5.74) is 0.444. The Kier molecular flexibility index (Phi) is 6.75. The molecule has 0 amide bonds. The number of sulfonamides is 1. The molecule has 0 saturated carbocycles. The van der Waals surface area contributed by atoms with Crippen LogP contribution in [0, 0.1) is 17.2 Å². The minimum absolute atomic E-state index is 0.155. The van der Waals surface area contributed by atoms with Crippen LogP contribution < -0.4 is 4.72 Å². The first kappa shape index (κ1) is 18.9. The summed E-state index contributed by atoms with van der Waals surface area (Å²) >= 11 is 0. The lowest BCUT2D eigenvalue weighted by Gasteiger charge is -2.35. The lowest BCUT2D eigenvalue weighted by molar-refractivity contribution is 0.0134. The largest absolute Gasteiger partial charge is 0.379 e. The average Bonchev–Trinajstić information content (AvgIpc) is 2.59. The summed E-state index contributed by atoms with van der Waals surface area (Å²) in [5.74, 6) is 0.484. The van der Waals surface area contributed by atoms with Crippen LogP contribution in [0.5, 0.6) is 0 Å². The fourth-order valence-electron chi connectivity index (χ4n) is 2.85. The van der Waals surface area contributed by atoms with Gasteiger partial charge < -0.3 is 4.74 Å². The highest BCUT2D eigenvalue weighted by atomic mass is 32.2. The monoisotopic (exact) mass is 351 g/mol. The third kappa shape index (κ3) is 5.28. The van der Waals surface area contributed by atoms with Gasteiger partial charge in [0, 0.05) is 25.7 Å². The molecule has 24 heavy (non-hydrogen) atoms. The summed E-state index contributed by atoms with van der Waals surface area (Å²) in [6.07, 6.45) is 0.926. The number of benzene rings is 1. The second-order valence-corrected chi connectivity index (χ2v) is 8.19. The van der Waals surface area contributed by atoms with E-state index in [0.717, 1.165) is 19.5 Å². The van der Waals surface area contributed by atoms with Gasteiger partial charge in [0.25, 0.3) is 0 Å². The maximum Gasteiger partial charge on any atom is 0.240 e. The number of morpholine rings is 1. The predicted octanol–water partition coefficient (Wildman–Crippen LogP) is 1.58. The van der Waals surface area contributed by atoms with Gasteiger partial charge in [-0.15, -0.1) is 0 Å². The second-order valence-electron chi connectivity index (χ2n) is 6.42. The Labute approximate surface area is 144 Å². The van der Waals surface area contributed by atoms with Crippen LogP contribution in [-0.4, -0.2) is 52.2 Å². The molecule has 1 N–H and O–H groups in total. The van der Waals surface area contributed by atoms with Gasteiger partial charge in [-0.2, -0.15) is 5.26 Å². The Hall–Kier alpha value is -1.46. The van der Waals surface area contributed by atoms with Crippen molar-refractivity contribution >= 4 is 10.0 Å². The molecule has 1 unspecified atom stereocenters. The summed E-state index contributed by atoms with van der Waals surface area (Å²) < 4.78 is 33.0. The first-order valence-electron chi connectivity index (χ1n) is 8.24. The molecule has 6 nitrogen and oxygen atoms in total. The van der Waals surface area contributed by atoms with Crippen LogP contribution in [0.4, 0.5) is 0 Å². The quantitative estimate of drug-likeness (QED) is 0.806. The summed E-state index contributed by atoms with van der Waals surface area (Å²) in [4.78, 5) is 2.48. The molecule has 1 aliphatic rings. The number of nitrogens with one attached hydrogen (secondary N) is 1. The van der Waals surface area contributed by atoms with Gasteiger partial charge in [-0.05, 0) is 36.6 Å². The van der Waals surface area contributed by atoms with Crippen molar-refractivity contribution in [2.24, 2.45) is 5.92 Å². The van der Waals surface area contributed by atoms with Gasteiger partial charge in [-0.3, -0.25) is 4.90 Å². The molecule has 1 aromatic carbocycles. The summed E-state index contributed by atoms with van der Waals surface area (Å²) in [6, 6.07) is 8.10. The molecule has 0 aromatic heterocycles. The van der Waals surface area contributed by atoms with Crippen molar-refractivity contribution in [2.75, 3.05) is 32.8 Å². The molecule has 1 heterocycles. The molecule has 1 aliphatic heterocycles. The number of nitriles is 1. The smallest absolute Gasteiger partial charge is 0.240 e. The first-order valence-corrected chi connectivity index (χ1v) is 9.72.